The van der Waals surface area contributed by atoms with Crippen LogP contribution >= 0.6 is 34.4 Å². The van der Waals surface area contributed by atoms with Gasteiger partial charge in [0, 0.05) is 28.4 Å². The maximum Gasteiger partial charge on any atom is 0.225 e. The Balaban J connectivity index is 2.02. The van der Waals surface area contributed by atoms with Gasteiger partial charge in [0.05, 0.1) is 0 Å². The lowest BCUT2D eigenvalue weighted by Gasteiger charge is -2.05. The molecule has 7 heteroatoms. The molecule has 0 atom stereocenters. The molecule has 0 spiro atoms. The molecule has 0 aliphatic rings. The quantitative estimate of drug-likeness (QED) is 0.662. The van der Waals surface area contributed by atoms with Crippen molar-refractivity contribution in [3.63, 3.8) is 0 Å². The molecule has 3 aromatic rings. The first-order valence-electron chi connectivity index (χ1n) is 6.91. The zero-order chi connectivity index (χ0) is 14.7. The van der Waals surface area contributed by atoms with E-state index >= 15 is 0 Å². The Hall–Kier alpha value is -1.18. The molecule has 0 aromatic carbocycles. The first-order chi connectivity index (χ1) is 10.3. The molecule has 0 aliphatic carbocycles. The zero-order valence-electron chi connectivity index (χ0n) is 11.9. The number of thiophene rings is 1. The maximum atomic E-state index is 4.67. The Labute approximate surface area is 136 Å². The average molecular weight is 337 g/mol. The largest absolute Gasteiger partial charge is 0.354 e. The van der Waals surface area contributed by atoms with Crippen molar-refractivity contribution in [1.29, 1.82) is 0 Å². The molecule has 4 nitrogen and oxygen atoms in total. The lowest BCUT2D eigenvalue weighted by atomic mass is 10.3. The highest BCUT2D eigenvalue weighted by Crippen LogP contribution is 2.36. The van der Waals surface area contributed by atoms with Crippen molar-refractivity contribution < 1.29 is 0 Å². The molecule has 0 saturated carbocycles. The molecule has 0 unspecified atom stereocenters. The van der Waals surface area contributed by atoms with Gasteiger partial charge >= 0.3 is 0 Å². The topological polar surface area (TPSA) is 50.7 Å². The van der Waals surface area contributed by atoms with Crippen LogP contribution in [0.5, 0.6) is 0 Å². The van der Waals surface area contributed by atoms with Crippen LogP contribution in [0.15, 0.2) is 27.0 Å². The summed E-state index contributed by atoms with van der Waals surface area (Å²) in [6.45, 7) is 5.19. The highest BCUT2D eigenvalue weighted by Gasteiger charge is 2.13. The van der Waals surface area contributed by atoms with E-state index in [-0.39, 0.29) is 0 Å². The van der Waals surface area contributed by atoms with Crippen molar-refractivity contribution >= 4 is 50.6 Å². The molecule has 0 radical (unpaired) electrons. The van der Waals surface area contributed by atoms with Crippen molar-refractivity contribution in [2.45, 2.75) is 36.1 Å². The molecule has 3 heterocycles. The standard InChI is InChI=1S/C14H16N4S3/c1-3-5-15-13-17-11-10(8-9(4-2)20-11)12(18-13)21-14-16-6-7-19-14/h6-8H,3-5H2,1-2H3,(H,15,17,18). The third-order valence-electron chi connectivity index (χ3n) is 2.88. The minimum Gasteiger partial charge on any atom is -0.354 e. The molecule has 0 bridgehead atoms. The van der Waals surface area contributed by atoms with Crippen LogP contribution in [0.3, 0.4) is 0 Å². The number of fused-ring (bicyclic) bond motifs is 1. The molecular weight excluding hydrogens is 320 g/mol. The molecule has 21 heavy (non-hydrogen) atoms. The van der Waals surface area contributed by atoms with Crippen LogP contribution in [-0.2, 0) is 6.42 Å². The van der Waals surface area contributed by atoms with Crippen molar-refractivity contribution in [2.75, 3.05) is 11.9 Å². The van der Waals surface area contributed by atoms with Crippen LogP contribution in [0.2, 0.25) is 0 Å². The van der Waals surface area contributed by atoms with E-state index in [9.17, 15) is 0 Å². The summed E-state index contributed by atoms with van der Waals surface area (Å²) in [6, 6.07) is 2.21. The van der Waals surface area contributed by atoms with Crippen molar-refractivity contribution in [1.82, 2.24) is 15.0 Å². The van der Waals surface area contributed by atoms with Gasteiger partial charge in [-0.05, 0) is 30.7 Å². The molecule has 0 fully saturated rings. The van der Waals surface area contributed by atoms with E-state index < -0.39 is 0 Å². The number of anilines is 1. The van der Waals surface area contributed by atoms with Gasteiger partial charge in [0.2, 0.25) is 5.95 Å². The smallest absolute Gasteiger partial charge is 0.225 e. The molecule has 3 rings (SSSR count). The lowest BCUT2D eigenvalue weighted by Crippen LogP contribution is -2.04. The summed E-state index contributed by atoms with van der Waals surface area (Å²) in [5.41, 5.74) is 0. The first-order valence-corrected chi connectivity index (χ1v) is 9.43. The first kappa shape index (κ1) is 14.7. The minimum atomic E-state index is 0.716. The Morgan fingerprint density at radius 1 is 1.29 bits per heavy atom. The zero-order valence-corrected chi connectivity index (χ0v) is 14.4. The van der Waals surface area contributed by atoms with Gasteiger partial charge in [-0.2, -0.15) is 0 Å². The number of thiazole rings is 1. The molecule has 110 valence electrons. The summed E-state index contributed by atoms with van der Waals surface area (Å²) in [5, 5.41) is 7.40. The highest BCUT2D eigenvalue weighted by molar-refractivity contribution is 8.01. The van der Waals surface area contributed by atoms with Crippen LogP contribution in [-0.4, -0.2) is 21.5 Å². The second-order valence-corrected chi connectivity index (χ2v) is 7.71. The summed E-state index contributed by atoms with van der Waals surface area (Å²) >= 11 is 5.01. The number of nitrogens with one attached hydrogen (secondary N) is 1. The van der Waals surface area contributed by atoms with Crippen molar-refractivity contribution in [2.24, 2.45) is 0 Å². The van der Waals surface area contributed by atoms with Crippen LogP contribution in [0, 0.1) is 0 Å². The van der Waals surface area contributed by atoms with Gasteiger partial charge in [0.15, 0.2) is 4.34 Å². The molecular formula is C14H16N4S3. The van der Waals surface area contributed by atoms with Crippen molar-refractivity contribution in [3.8, 4) is 0 Å². The Bertz CT molecular complexity index is 721. The van der Waals surface area contributed by atoms with Gasteiger partial charge in [0.1, 0.15) is 9.86 Å². The molecule has 1 N–H and O–H groups in total. The SMILES string of the molecule is CCCNc1nc(Sc2nccs2)c2cc(CC)sc2n1. The lowest BCUT2D eigenvalue weighted by molar-refractivity contribution is 0.946. The van der Waals surface area contributed by atoms with Gasteiger partial charge in [-0.3, -0.25) is 0 Å². The summed E-state index contributed by atoms with van der Waals surface area (Å²) in [6.07, 6.45) is 3.91. The van der Waals surface area contributed by atoms with Gasteiger partial charge in [-0.1, -0.05) is 13.8 Å². The van der Waals surface area contributed by atoms with Gasteiger partial charge in [-0.15, -0.1) is 22.7 Å². The molecule has 0 aliphatic heterocycles. The molecule has 0 saturated heterocycles. The Kier molecular flexibility index (Phi) is 4.72. The maximum absolute atomic E-state index is 4.67. The minimum absolute atomic E-state index is 0.716. The van der Waals surface area contributed by atoms with Crippen LogP contribution in [0.25, 0.3) is 10.2 Å². The second kappa shape index (κ2) is 6.72. The third-order valence-corrected chi connectivity index (χ3v) is 5.95. The monoisotopic (exact) mass is 336 g/mol. The van der Waals surface area contributed by atoms with E-state index in [0.717, 1.165) is 39.0 Å². The summed E-state index contributed by atoms with van der Waals surface area (Å²) in [4.78, 5) is 16.0. The van der Waals surface area contributed by atoms with Crippen LogP contribution < -0.4 is 5.32 Å². The molecule has 3 aromatic heterocycles. The van der Waals surface area contributed by atoms with E-state index in [1.807, 2.05) is 11.6 Å². The summed E-state index contributed by atoms with van der Waals surface area (Å²) in [7, 11) is 0. The van der Waals surface area contributed by atoms with E-state index in [2.05, 4.69) is 40.2 Å². The van der Waals surface area contributed by atoms with E-state index in [0.29, 0.717) is 5.95 Å². The van der Waals surface area contributed by atoms with Gasteiger partial charge in [-0.25, -0.2) is 15.0 Å². The second-order valence-electron chi connectivity index (χ2n) is 4.46. The number of nitrogens with zero attached hydrogens (tertiary/aromatic N) is 3. The van der Waals surface area contributed by atoms with E-state index in [1.165, 1.54) is 4.88 Å². The third kappa shape index (κ3) is 3.36. The normalized spacial score (nSPS) is 11.1. The predicted octanol–water partition coefficient (Wildman–Crippen LogP) is 4.68. The predicted molar refractivity (Wildman–Crippen MR) is 91.8 cm³/mol. The number of rotatable bonds is 6. The van der Waals surface area contributed by atoms with Gasteiger partial charge < -0.3 is 5.32 Å². The Morgan fingerprint density at radius 3 is 2.90 bits per heavy atom. The fourth-order valence-corrected chi connectivity index (χ4v) is 4.52. The summed E-state index contributed by atoms with van der Waals surface area (Å²) < 4.78 is 1.01. The van der Waals surface area contributed by atoms with Gasteiger partial charge in [0.25, 0.3) is 0 Å². The molecule has 0 amide bonds. The number of hydrogen-bond acceptors (Lipinski definition) is 7. The fourth-order valence-electron chi connectivity index (χ4n) is 1.86. The fraction of sp³-hybridized carbons (Fsp3) is 0.357. The number of aryl methyl sites for hydroxylation is 1. The number of aromatic nitrogens is 3. The van der Waals surface area contributed by atoms with E-state index in [4.69, 9.17) is 0 Å². The van der Waals surface area contributed by atoms with Crippen molar-refractivity contribution in [3.05, 3.63) is 22.5 Å². The Morgan fingerprint density at radius 2 is 2.19 bits per heavy atom. The highest BCUT2D eigenvalue weighted by atomic mass is 32.2. The average Bonchev–Trinajstić information content (AvgIpc) is 3.13. The summed E-state index contributed by atoms with van der Waals surface area (Å²) in [5.74, 6) is 0.716. The van der Waals surface area contributed by atoms with Crippen LogP contribution in [0.4, 0.5) is 5.95 Å². The van der Waals surface area contributed by atoms with Crippen LogP contribution in [0.1, 0.15) is 25.1 Å². The number of hydrogen-bond donors (Lipinski definition) is 1. The van der Waals surface area contributed by atoms with E-state index in [1.54, 1.807) is 34.4 Å².